The van der Waals surface area contributed by atoms with Gasteiger partial charge in [-0.05, 0) is 43.1 Å². The third kappa shape index (κ3) is 8.32. The number of nitrogens with zero attached hydrogens (tertiary/aromatic N) is 3. The highest BCUT2D eigenvalue weighted by Gasteiger charge is 2.36. The summed E-state index contributed by atoms with van der Waals surface area (Å²) in [4.78, 5) is 8.17. The first-order valence-electron chi connectivity index (χ1n) is 12.6. The molecule has 0 aromatic heterocycles. The molecule has 0 bridgehead atoms. The molecule has 2 rings (SSSR count). The molecule has 3 unspecified atom stereocenters. The summed E-state index contributed by atoms with van der Waals surface area (Å²) in [5, 5.41) is 0. The standard InChI is InChI=1S/C23H47N3.C2H6/c1-7-10-11-23(5,6)19-26-18-21(16-22(26)8-2)20(4)17-25-14-12-24(9-3)13-15-25;1-2/h20-22H,7-19H2,1-6H3;1-2H3. The summed E-state index contributed by atoms with van der Waals surface area (Å²) in [5.74, 6) is 1.73. The van der Waals surface area contributed by atoms with E-state index in [4.69, 9.17) is 0 Å². The Balaban J connectivity index is 0.00000190. The van der Waals surface area contributed by atoms with Crippen LogP contribution >= 0.6 is 0 Å². The molecule has 168 valence electrons. The summed E-state index contributed by atoms with van der Waals surface area (Å²) in [5.41, 5.74) is 0.470. The number of piperazine rings is 1. The van der Waals surface area contributed by atoms with Crippen LogP contribution in [0.3, 0.4) is 0 Å². The maximum atomic E-state index is 2.85. The number of likely N-dealkylation sites (tertiary alicyclic amines) is 1. The van der Waals surface area contributed by atoms with Gasteiger partial charge in [0, 0.05) is 51.9 Å². The van der Waals surface area contributed by atoms with E-state index in [0.717, 1.165) is 17.9 Å². The molecule has 3 nitrogen and oxygen atoms in total. The highest BCUT2D eigenvalue weighted by atomic mass is 15.3. The zero-order valence-electron chi connectivity index (χ0n) is 20.8. The largest absolute Gasteiger partial charge is 0.301 e. The molecule has 0 spiro atoms. The van der Waals surface area contributed by atoms with Crippen LogP contribution < -0.4 is 0 Å². The molecule has 0 aromatic rings. The molecule has 2 aliphatic rings. The van der Waals surface area contributed by atoms with E-state index in [1.54, 1.807) is 0 Å². The molecular weight excluding hydrogens is 342 g/mol. The molecule has 28 heavy (non-hydrogen) atoms. The molecule has 0 N–H and O–H groups in total. The summed E-state index contributed by atoms with van der Waals surface area (Å²) in [6.07, 6.45) is 6.82. The van der Waals surface area contributed by atoms with Gasteiger partial charge in [-0.25, -0.2) is 0 Å². The van der Waals surface area contributed by atoms with Crippen molar-refractivity contribution in [1.82, 2.24) is 14.7 Å². The Kier molecular flexibility index (Phi) is 12.3. The first-order valence-corrected chi connectivity index (χ1v) is 12.6. The molecule has 2 heterocycles. The minimum Gasteiger partial charge on any atom is -0.301 e. The van der Waals surface area contributed by atoms with Gasteiger partial charge < -0.3 is 9.80 Å². The second-order valence-corrected chi connectivity index (χ2v) is 9.97. The van der Waals surface area contributed by atoms with Crippen molar-refractivity contribution in [2.75, 3.05) is 52.4 Å². The van der Waals surface area contributed by atoms with Gasteiger partial charge in [-0.15, -0.1) is 0 Å². The van der Waals surface area contributed by atoms with E-state index in [2.05, 4.69) is 56.2 Å². The highest BCUT2D eigenvalue weighted by Crippen LogP contribution is 2.35. The van der Waals surface area contributed by atoms with Crippen molar-refractivity contribution in [2.24, 2.45) is 17.3 Å². The molecule has 0 amide bonds. The molecule has 3 atom stereocenters. The van der Waals surface area contributed by atoms with Crippen LogP contribution in [0.15, 0.2) is 0 Å². The number of likely N-dealkylation sites (N-methyl/N-ethyl adjacent to an activating group) is 1. The number of hydrogen-bond donors (Lipinski definition) is 0. The third-order valence-corrected chi connectivity index (χ3v) is 7.13. The molecule has 0 radical (unpaired) electrons. The van der Waals surface area contributed by atoms with Crippen LogP contribution in [0, 0.1) is 17.3 Å². The Morgan fingerprint density at radius 3 is 2.11 bits per heavy atom. The molecule has 2 saturated heterocycles. The summed E-state index contributed by atoms with van der Waals surface area (Å²) < 4.78 is 0. The van der Waals surface area contributed by atoms with E-state index >= 15 is 0 Å². The van der Waals surface area contributed by atoms with Gasteiger partial charge in [-0.3, -0.25) is 4.90 Å². The quantitative estimate of drug-likeness (QED) is 0.476. The Bertz CT molecular complexity index is 387. The van der Waals surface area contributed by atoms with Gasteiger partial charge in [0.15, 0.2) is 0 Å². The van der Waals surface area contributed by atoms with Gasteiger partial charge in [0.1, 0.15) is 0 Å². The van der Waals surface area contributed by atoms with Crippen molar-refractivity contribution >= 4 is 0 Å². The van der Waals surface area contributed by atoms with Crippen LogP contribution in [0.1, 0.15) is 87.5 Å². The number of hydrogen-bond acceptors (Lipinski definition) is 3. The molecular formula is C25H53N3. The van der Waals surface area contributed by atoms with Crippen LogP contribution in [-0.2, 0) is 0 Å². The second-order valence-electron chi connectivity index (χ2n) is 9.97. The predicted octanol–water partition coefficient (Wildman–Crippen LogP) is 5.60. The average molecular weight is 396 g/mol. The zero-order valence-corrected chi connectivity index (χ0v) is 20.8. The Morgan fingerprint density at radius 2 is 1.57 bits per heavy atom. The van der Waals surface area contributed by atoms with Gasteiger partial charge in [-0.1, -0.05) is 68.2 Å². The summed E-state index contributed by atoms with van der Waals surface area (Å²) in [7, 11) is 0. The van der Waals surface area contributed by atoms with Crippen molar-refractivity contribution in [2.45, 2.75) is 93.5 Å². The predicted molar refractivity (Wildman–Crippen MR) is 126 cm³/mol. The highest BCUT2D eigenvalue weighted by molar-refractivity contribution is 4.90. The molecule has 0 aliphatic carbocycles. The maximum Gasteiger partial charge on any atom is 0.0110 e. The minimum atomic E-state index is 0.470. The fraction of sp³-hybridized carbons (Fsp3) is 1.00. The van der Waals surface area contributed by atoms with Gasteiger partial charge in [0.25, 0.3) is 0 Å². The van der Waals surface area contributed by atoms with Crippen molar-refractivity contribution in [3.05, 3.63) is 0 Å². The summed E-state index contributed by atoms with van der Waals surface area (Å²) in [6.45, 7) is 28.7. The number of rotatable bonds is 10. The van der Waals surface area contributed by atoms with Gasteiger partial charge >= 0.3 is 0 Å². The van der Waals surface area contributed by atoms with Crippen molar-refractivity contribution in [1.29, 1.82) is 0 Å². The summed E-state index contributed by atoms with van der Waals surface area (Å²) >= 11 is 0. The first kappa shape index (κ1) is 25.9. The van der Waals surface area contributed by atoms with E-state index in [0.29, 0.717) is 5.41 Å². The van der Waals surface area contributed by atoms with Gasteiger partial charge in [0.2, 0.25) is 0 Å². The van der Waals surface area contributed by atoms with Crippen LogP contribution in [0.2, 0.25) is 0 Å². The average Bonchev–Trinajstić information content (AvgIpc) is 3.11. The lowest BCUT2D eigenvalue weighted by Crippen LogP contribution is -2.48. The lowest BCUT2D eigenvalue weighted by atomic mass is 9.86. The Morgan fingerprint density at radius 1 is 0.964 bits per heavy atom. The van der Waals surface area contributed by atoms with Crippen LogP contribution in [0.25, 0.3) is 0 Å². The van der Waals surface area contributed by atoms with Crippen molar-refractivity contribution in [3.8, 4) is 0 Å². The monoisotopic (exact) mass is 395 g/mol. The smallest absolute Gasteiger partial charge is 0.0110 e. The topological polar surface area (TPSA) is 9.72 Å². The normalized spacial score (nSPS) is 26.1. The third-order valence-electron chi connectivity index (χ3n) is 7.13. The van der Waals surface area contributed by atoms with E-state index < -0.39 is 0 Å². The number of unbranched alkanes of at least 4 members (excludes halogenated alkanes) is 1. The molecule has 0 aromatic carbocycles. The van der Waals surface area contributed by atoms with Gasteiger partial charge in [-0.2, -0.15) is 0 Å². The molecule has 2 fully saturated rings. The van der Waals surface area contributed by atoms with Crippen molar-refractivity contribution in [3.63, 3.8) is 0 Å². The van der Waals surface area contributed by atoms with E-state index in [1.165, 1.54) is 84.5 Å². The Labute approximate surface area is 178 Å². The van der Waals surface area contributed by atoms with Gasteiger partial charge in [0.05, 0.1) is 0 Å². The maximum absolute atomic E-state index is 2.85. The lowest BCUT2D eigenvalue weighted by molar-refractivity contribution is 0.110. The minimum absolute atomic E-state index is 0.470. The summed E-state index contributed by atoms with van der Waals surface area (Å²) in [6, 6.07) is 0.820. The molecule has 3 heteroatoms. The first-order chi connectivity index (χ1) is 13.4. The van der Waals surface area contributed by atoms with Crippen molar-refractivity contribution < 1.29 is 0 Å². The van der Waals surface area contributed by atoms with E-state index in [-0.39, 0.29) is 0 Å². The molecule has 2 aliphatic heterocycles. The fourth-order valence-electron chi connectivity index (χ4n) is 5.18. The van der Waals surface area contributed by atoms with Crippen LogP contribution in [0.4, 0.5) is 0 Å². The molecule has 0 saturated carbocycles. The van der Waals surface area contributed by atoms with E-state index in [1.807, 2.05) is 13.8 Å². The second kappa shape index (κ2) is 13.2. The SMILES string of the molecule is CC.CCCCC(C)(C)CN1CC(C(C)CN2CCN(CC)CC2)CC1CC. The zero-order chi connectivity index (χ0) is 21.2. The fourth-order valence-corrected chi connectivity index (χ4v) is 5.18. The van der Waals surface area contributed by atoms with Crippen LogP contribution in [-0.4, -0.2) is 73.1 Å². The van der Waals surface area contributed by atoms with E-state index in [9.17, 15) is 0 Å². The lowest BCUT2D eigenvalue weighted by Gasteiger charge is -2.36. The Hall–Kier alpha value is -0.120. The van der Waals surface area contributed by atoms with Crippen LogP contribution in [0.5, 0.6) is 0 Å².